The van der Waals surface area contributed by atoms with Crippen molar-refractivity contribution in [3.8, 4) is 23.1 Å². The zero-order valence-electron chi connectivity index (χ0n) is 26.8. The van der Waals surface area contributed by atoms with Crippen molar-refractivity contribution in [2.45, 2.75) is 47.6 Å². The highest BCUT2D eigenvalue weighted by Gasteiger charge is 2.27. The van der Waals surface area contributed by atoms with E-state index in [1.807, 2.05) is 31.3 Å². The molecule has 0 amide bonds. The smallest absolute Gasteiger partial charge is 0.352 e. The van der Waals surface area contributed by atoms with Crippen molar-refractivity contribution in [2.75, 3.05) is 20.7 Å². The lowest BCUT2D eigenvalue weighted by molar-refractivity contribution is -0.623. The monoisotopic (exact) mass is 621 g/mol. The van der Waals surface area contributed by atoms with Gasteiger partial charge < -0.3 is 14.8 Å². The Morgan fingerprint density at radius 2 is 1.75 bits per heavy atom. The van der Waals surface area contributed by atoms with Gasteiger partial charge in [0.25, 0.3) is 0 Å². The highest BCUT2D eigenvalue weighted by atomic mass is 31.2. The van der Waals surface area contributed by atoms with Gasteiger partial charge in [-0.15, -0.1) is 0 Å². The number of nitrogens with zero attached hydrogens (tertiary/aromatic N) is 7. The first-order valence-corrected chi connectivity index (χ1v) is 15.7. The molecule has 0 fully saturated rings. The Hall–Kier alpha value is -4.11. The van der Waals surface area contributed by atoms with Crippen molar-refractivity contribution in [3.05, 3.63) is 88.8 Å². The Balaban J connectivity index is 0.000000370. The fourth-order valence-electron chi connectivity index (χ4n) is 4.17. The lowest BCUT2D eigenvalue weighted by Gasteiger charge is -2.19. The molecular formula is C31H42N8O4P+. The summed E-state index contributed by atoms with van der Waals surface area (Å²) in [5.41, 5.74) is 7.43. The zero-order chi connectivity index (χ0) is 32.6. The third-order valence-electron chi connectivity index (χ3n) is 7.04. The minimum absolute atomic E-state index is 0.227. The van der Waals surface area contributed by atoms with Crippen LogP contribution in [-0.4, -0.2) is 54.5 Å². The van der Waals surface area contributed by atoms with Crippen LogP contribution in [0.25, 0.3) is 22.6 Å². The number of hydrogen-bond donors (Lipinski definition) is 2. The zero-order valence-corrected chi connectivity index (χ0v) is 27.7. The molecule has 5 rings (SSSR count). The van der Waals surface area contributed by atoms with Gasteiger partial charge in [0.05, 0.1) is 37.1 Å². The van der Waals surface area contributed by atoms with Crippen molar-refractivity contribution < 1.29 is 23.8 Å². The molecule has 0 aliphatic heterocycles. The Morgan fingerprint density at radius 3 is 2.27 bits per heavy atom. The van der Waals surface area contributed by atoms with Crippen LogP contribution >= 0.6 is 7.82 Å². The molecule has 3 N–H and O–H groups in total. The van der Waals surface area contributed by atoms with Gasteiger partial charge >= 0.3 is 7.82 Å². The van der Waals surface area contributed by atoms with Crippen LogP contribution in [0.15, 0.2) is 54.9 Å². The first-order valence-electron chi connectivity index (χ1n) is 14.2. The first kappa shape index (κ1) is 34.4. The number of phosphoric acid groups is 1. The summed E-state index contributed by atoms with van der Waals surface area (Å²) in [5.74, 6) is 0.372. The molecule has 13 heteroatoms. The topological polar surface area (TPSA) is 149 Å². The molecule has 5 heterocycles. The summed E-state index contributed by atoms with van der Waals surface area (Å²) in [6, 6.07) is 15.4. The van der Waals surface area contributed by atoms with E-state index in [9.17, 15) is 14.7 Å². The number of aryl methyl sites for hydroxylation is 4. The summed E-state index contributed by atoms with van der Waals surface area (Å²) in [6.07, 6.45) is 2.80. The molecule has 0 radical (unpaired) electrons. The van der Waals surface area contributed by atoms with Gasteiger partial charge in [0.2, 0.25) is 0 Å². The Kier molecular flexibility index (Phi) is 11.8. The molecular weight excluding hydrogens is 579 g/mol. The summed E-state index contributed by atoms with van der Waals surface area (Å²) in [5, 5.41) is 20.1. The second kappa shape index (κ2) is 15.1. The van der Waals surface area contributed by atoms with E-state index in [0.717, 1.165) is 23.8 Å². The molecule has 12 nitrogen and oxygen atoms in total. The SMILES string of the molecule is CC[NH2+]C.COP(=O)(O)OC(C)c1ccc(-c2cnn3cc(C)ccc23)nc1-n1nc(C#N)cc1C.Cc1ccc(C)n1C. The maximum Gasteiger partial charge on any atom is 0.472 e. The summed E-state index contributed by atoms with van der Waals surface area (Å²) < 4.78 is 27.2. The first-order chi connectivity index (χ1) is 20.8. The molecule has 234 valence electrons. The van der Waals surface area contributed by atoms with Crippen LogP contribution in [-0.2, 0) is 20.7 Å². The normalized spacial score (nSPS) is 12.8. The lowest BCUT2D eigenvalue weighted by Crippen LogP contribution is -2.78. The van der Waals surface area contributed by atoms with Gasteiger partial charge in [-0.2, -0.15) is 15.5 Å². The predicted octanol–water partition coefficient (Wildman–Crippen LogP) is 4.74. The number of aromatic nitrogens is 6. The van der Waals surface area contributed by atoms with E-state index >= 15 is 0 Å². The predicted molar refractivity (Wildman–Crippen MR) is 169 cm³/mol. The lowest BCUT2D eigenvalue weighted by atomic mass is 10.1. The molecule has 0 saturated heterocycles. The number of rotatable bonds is 7. The number of nitrogens with two attached hydrogens (primary N) is 1. The van der Waals surface area contributed by atoms with E-state index in [1.54, 1.807) is 42.8 Å². The van der Waals surface area contributed by atoms with Crippen LogP contribution in [0.4, 0.5) is 0 Å². The molecule has 5 aromatic heterocycles. The maximum atomic E-state index is 12.0. The summed E-state index contributed by atoms with van der Waals surface area (Å²) in [4.78, 5) is 14.6. The molecule has 5 aromatic rings. The fourth-order valence-corrected chi connectivity index (χ4v) is 4.77. The molecule has 0 aliphatic rings. The van der Waals surface area contributed by atoms with Gasteiger partial charge in [-0.1, -0.05) is 12.1 Å². The van der Waals surface area contributed by atoms with E-state index in [-0.39, 0.29) is 5.69 Å². The summed E-state index contributed by atoms with van der Waals surface area (Å²) in [7, 11) is 0.987. The standard InChI is InChI=1S/C21H21N6O4P.C7H11N.C3H9N/c1-13-5-8-20-18(11-23-26(20)12-13)19-7-6-17(15(3)31-32(28,29)30-4)21(24-19)27-14(2)9-16(10-22)25-27;1-6-4-5-7(2)8(6)3;1-3-4-2/h5-9,11-12,15H,1-4H3,(H,28,29);4-5H,1-3H3;4H,3H2,1-2H3/p+1. The van der Waals surface area contributed by atoms with Gasteiger partial charge in [0.1, 0.15) is 6.07 Å². The molecule has 2 unspecified atom stereocenters. The molecule has 2 atom stereocenters. The van der Waals surface area contributed by atoms with Crippen molar-refractivity contribution in [3.63, 3.8) is 0 Å². The second-order valence-electron chi connectivity index (χ2n) is 10.3. The fraction of sp³-hybridized carbons (Fsp3) is 0.355. The van der Waals surface area contributed by atoms with Crippen LogP contribution in [0.1, 0.15) is 53.9 Å². The second-order valence-corrected chi connectivity index (χ2v) is 11.8. The maximum absolute atomic E-state index is 12.0. The van der Waals surface area contributed by atoms with Crippen molar-refractivity contribution in [1.82, 2.24) is 28.9 Å². The molecule has 0 saturated carbocycles. The molecule has 0 spiro atoms. The average Bonchev–Trinajstić information content (AvgIpc) is 3.69. The van der Waals surface area contributed by atoms with Gasteiger partial charge in [0.15, 0.2) is 11.5 Å². The van der Waals surface area contributed by atoms with Gasteiger partial charge in [-0.05, 0) is 77.4 Å². The van der Waals surface area contributed by atoms with Gasteiger partial charge in [0, 0.05) is 48.6 Å². The van der Waals surface area contributed by atoms with E-state index in [2.05, 4.69) is 71.6 Å². The number of phosphoric ester groups is 1. The highest BCUT2D eigenvalue weighted by molar-refractivity contribution is 7.47. The van der Waals surface area contributed by atoms with Crippen LogP contribution in [0, 0.1) is 39.0 Å². The van der Waals surface area contributed by atoms with Crippen molar-refractivity contribution in [2.24, 2.45) is 7.05 Å². The summed E-state index contributed by atoms with van der Waals surface area (Å²) in [6.45, 7) is 12.9. The van der Waals surface area contributed by atoms with Crippen LogP contribution in [0.3, 0.4) is 0 Å². The highest BCUT2D eigenvalue weighted by Crippen LogP contribution is 2.47. The van der Waals surface area contributed by atoms with Crippen molar-refractivity contribution in [1.29, 1.82) is 5.26 Å². The largest absolute Gasteiger partial charge is 0.472 e. The van der Waals surface area contributed by atoms with E-state index in [4.69, 9.17) is 9.51 Å². The number of nitriles is 1. The van der Waals surface area contributed by atoms with Gasteiger partial charge in [-0.3, -0.25) is 9.05 Å². The number of pyridine rings is 2. The number of quaternary nitrogens is 1. The molecule has 0 bridgehead atoms. The Bertz CT molecular complexity index is 1780. The van der Waals surface area contributed by atoms with Crippen LogP contribution < -0.4 is 5.32 Å². The van der Waals surface area contributed by atoms with Gasteiger partial charge in [-0.25, -0.2) is 18.7 Å². The van der Waals surface area contributed by atoms with E-state index in [1.165, 1.54) is 22.6 Å². The van der Waals surface area contributed by atoms with Crippen LogP contribution in [0.2, 0.25) is 0 Å². The van der Waals surface area contributed by atoms with E-state index in [0.29, 0.717) is 22.8 Å². The Labute approximate surface area is 258 Å². The van der Waals surface area contributed by atoms with Crippen LogP contribution in [0.5, 0.6) is 0 Å². The minimum Gasteiger partial charge on any atom is -0.352 e. The molecule has 0 aliphatic carbocycles. The summed E-state index contributed by atoms with van der Waals surface area (Å²) >= 11 is 0. The minimum atomic E-state index is -4.24. The third-order valence-corrected chi connectivity index (χ3v) is 8.08. The third kappa shape index (κ3) is 8.29. The average molecular weight is 622 g/mol. The van der Waals surface area contributed by atoms with E-state index < -0.39 is 13.9 Å². The number of hydrogen-bond acceptors (Lipinski definition) is 7. The molecule has 0 aromatic carbocycles. The quantitative estimate of drug-likeness (QED) is 0.248. The Morgan fingerprint density at radius 1 is 1.09 bits per heavy atom. The molecule has 44 heavy (non-hydrogen) atoms. The van der Waals surface area contributed by atoms with Crippen molar-refractivity contribution >= 4 is 13.3 Å². The number of fused-ring (bicyclic) bond motifs is 1.